The first kappa shape index (κ1) is 15.6. The van der Waals surface area contributed by atoms with Gasteiger partial charge in [-0.25, -0.2) is 0 Å². The minimum Gasteiger partial charge on any atom is -0.504 e. The van der Waals surface area contributed by atoms with Gasteiger partial charge >= 0.3 is 0 Å². The van der Waals surface area contributed by atoms with Crippen LogP contribution < -0.4 is 4.74 Å². The third-order valence-corrected chi connectivity index (χ3v) is 3.95. The Bertz CT molecular complexity index is 505. The second kappa shape index (κ2) is 7.30. The monoisotopic (exact) mass is 289 g/mol. The lowest BCUT2D eigenvalue weighted by molar-refractivity contribution is 0.114. The van der Waals surface area contributed by atoms with Crippen LogP contribution in [0.15, 0.2) is 18.2 Å². The zero-order chi connectivity index (χ0) is 15.2. The van der Waals surface area contributed by atoms with Gasteiger partial charge in [0, 0.05) is 26.2 Å². The van der Waals surface area contributed by atoms with Gasteiger partial charge < -0.3 is 14.7 Å². The van der Waals surface area contributed by atoms with Crippen molar-refractivity contribution in [1.82, 2.24) is 9.80 Å². The van der Waals surface area contributed by atoms with Crippen molar-refractivity contribution in [2.75, 3.05) is 39.8 Å². The number of hydrogen-bond donors (Lipinski definition) is 1. The minimum absolute atomic E-state index is 0.103. The maximum Gasteiger partial charge on any atom is 0.160 e. The molecule has 1 saturated heterocycles. The van der Waals surface area contributed by atoms with Gasteiger partial charge in [0.2, 0.25) is 0 Å². The number of nitriles is 1. The molecular weight excluding hydrogens is 266 g/mol. The number of hydrogen-bond acceptors (Lipinski definition) is 5. The summed E-state index contributed by atoms with van der Waals surface area (Å²) < 4.78 is 5.13. The zero-order valence-electron chi connectivity index (χ0n) is 12.7. The Labute approximate surface area is 126 Å². The lowest BCUT2D eigenvalue weighted by Gasteiger charge is -2.36. The van der Waals surface area contributed by atoms with Crippen molar-refractivity contribution in [3.05, 3.63) is 23.8 Å². The van der Waals surface area contributed by atoms with Gasteiger partial charge in [-0.05, 0) is 30.7 Å². The summed E-state index contributed by atoms with van der Waals surface area (Å²) >= 11 is 0. The Kier molecular flexibility index (Phi) is 5.43. The number of rotatable bonds is 5. The number of piperazine rings is 1. The summed E-state index contributed by atoms with van der Waals surface area (Å²) in [6, 6.07) is 7.22. The normalized spacial score (nSPS) is 18.1. The van der Waals surface area contributed by atoms with Gasteiger partial charge in [-0.1, -0.05) is 13.0 Å². The van der Waals surface area contributed by atoms with Crippen LogP contribution >= 0.6 is 0 Å². The van der Waals surface area contributed by atoms with Crippen molar-refractivity contribution < 1.29 is 9.84 Å². The molecule has 21 heavy (non-hydrogen) atoms. The molecule has 0 aliphatic carbocycles. The summed E-state index contributed by atoms with van der Waals surface area (Å²) in [6.45, 7) is 7.09. The fourth-order valence-electron chi connectivity index (χ4n) is 2.79. The van der Waals surface area contributed by atoms with Gasteiger partial charge in [-0.2, -0.15) is 5.26 Å². The van der Waals surface area contributed by atoms with Crippen molar-refractivity contribution in [3.63, 3.8) is 0 Å². The molecule has 5 nitrogen and oxygen atoms in total. The number of benzene rings is 1. The summed E-state index contributed by atoms with van der Waals surface area (Å²) in [7, 11) is 1.52. The quantitative estimate of drug-likeness (QED) is 0.898. The Hall–Kier alpha value is -1.77. The first-order valence-electron chi connectivity index (χ1n) is 7.42. The van der Waals surface area contributed by atoms with Crippen LogP contribution in [0.4, 0.5) is 0 Å². The number of phenols is 1. The van der Waals surface area contributed by atoms with E-state index in [1.165, 1.54) is 7.11 Å². The van der Waals surface area contributed by atoms with E-state index >= 15 is 0 Å². The van der Waals surface area contributed by atoms with E-state index in [0.717, 1.165) is 44.7 Å². The number of aromatic hydroxyl groups is 1. The van der Waals surface area contributed by atoms with Gasteiger partial charge in [0.05, 0.1) is 13.2 Å². The average molecular weight is 289 g/mol. The molecule has 1 atom stereocenters. The smallest absolute Gasteiger partial charge is 0.160 e. The molecule has 0 radical (unpaired) electrons. The summed E-state index contributed by atoms with van der Waals surface area (Å²) in [5, 5.41) is 19.2. The highest BCUT2D eigenvalue weighted by Gasteiger charge is 2.25. The molecule has 1 aromatic carbocycles. The second-order valence-corrected chi connectivity index (χ2v) is 5.34. The summed E-state index contributed by atoms with van der Waals surface area (Å²) in [5.74, 6) is 0.517. The van der Waals surface area contributed by atoms with Crippen LogP contribution in [0.3, 0.4) is 0 Å². The van der Waals surface area contributed by atoms with E-state index in [2.05, 4.69) is 22.8 Å². The van der Waals surface area contributed by atoms with E-state index in [4.69, 9.17) is 4.74 Å². The van der Waals surface area contributed by atoms with E-state index in [1.54, 1.807) is 18.2 Å². The van der Waals surface area contributed by atoms with Crippen molar-refractivity contribution in [1.29, 1.82) is 5.26 Å². The second-order valence-electron chi connectivity index (χ2n) is 5.34. The third-order valence-electron chi connectivity index (χ3n) is 3.95. The first-order valence-corrected chi connectivity index (χ1v) is 7.42. The highest BCUT2D eigenvalue weighted by Crippen LogP contribution is 2.31. The van der Waals surface area contributed by atoms with Crippen LogP contribution in [0.25, 0.3) is 0 Å². The molecule has 0 saturated carbocycles. The van der Waals surface area contributed by atoms with Crippen LogP contribution in [-0.2, 0) is 0 Å². The molecular formula is C16H23N3O2. The molecule has 1 N–H and O–H groups in total. The first-order chi connectivity index (χ1) is 10.2. The number of methoxy groups -OCH3 is 1. The maximum atomic E-state index is 9.67. The topological polar surface area (TPSA) is 59.7 Å². The van der Waals surface area contributed by atoms with Gasteiger partial charge in [-0.3, -0.25) is 4.90 Å². The van der Waals surface area contributed by atoms with E-state index in [-0.39, 0.29) is 11.8 Å². The SMILES string of the molecule is CCCN1CCN(C(C#N)c2ccc(O)c(OC)c2)CC1. The molecule has 114 valence electrons. The minimum atomic E-state index is -0.289. The highest BCUT2D eigenvalue weighted by atomic mass is 16.5. The fraction of sp³-hybridized carbons (Fsp3) is 0.562. The predicted octanol–water partition coefficient (Wildman–Crippen LogP) is 1.99. The fourth-order valence-corrected chi connectivity index (χ4v) is 2.79. The van der Waals surface area contributed by atoms with Crippen LogP contribution in [0, 0.1) is 11.3 Å². The van der Waals surface area contributed by atoms with Gasteiger partial charge in [0.15, 0.2) is 11.5 Å². The molecule has 0 bridgehead atoms. The largest absolute Gasteiger partial charge is 0.504 e. The standard InChI is InChI=1S/C16H23N3O2/c1-3-6-18-7-9-19(10-8-18)14(12-17)13-4-5-15(20)16(11-13)21-2/h4-5,11,14,20H,3,6-10H2,1-2H3. The summed E-state index contributed by atoms with van der Waals surface area (Å²) in [5.41, 5.74) is 0.871. The number of nitrogens with zero attached hydrogens (tertiary/aromatic N) is 3. The molecule has 0 aromatic heterocycles. The van der Waals surface area contributed by atoms with Crippen molar-refractivity contribution in [2.24, 2.45) is 0 Å². The molecule has 2 rings (SSSR count). The zero-order valence-corrected chi connectivity index (χ0v) is 12.7. The lowest BCUT2D eigenvalue weighted by atomic mass is 10.0. The third kappa shape index (κ3) is 3.66. The predicted molar refractivity (Wildman–Crippen MR) is 81.3 cm³/mol. The summed E-state index contributed by atoms with van der Waals surface area (Å²) in [6.07, 6.45) is 1.16. The highest BCUT2D eigenvalue weighted by molar-refractivity contribution is 5.43. The molecule has 0 amide bonds. The molecule has 1 aliphatic heterocycles. The molecule has 1 aliphatic rings. The molecule has 1 aromatic rings. The van der Waals surface area contributed by atoms with Crippen LogP contribution in [0.5, 0.6) is 11.5 Å². The van der Waals surface area contributed by atoms with Crippen molar-refractivity contribution in [3.8, 4) is 17.6 Å². The van der Waals surface area contributed by atoms with Crippen molar-refractivity contribution >= 4 is 0 Å². The number of phenolic OH excluding ortho intramolecular Hbond substituents is 1. The molecule has 5 heteroatoms. The Balaban J connectivity index is 2.09. The van der Waals surface area contributed by atoms with Gasteiger partial charge in [-0.15, -0.1) is 0 Å². The maximum absolute atomic E-state index is 9.67. The van der Waals surface area contributed by atoms with Crippen LogP contribution in [-0.4, -0.2) is 54.7 Å². The Morgan fingerprint density at radius 1 is 1.33 bits per heavy atom. The van der Waals surface area contributed by atoms with Gasteiger partial charge in [0.1, 0.15) is 6.04 Å². The Morgan fingerprint density at radius 3 is 2.62 bits per heavy atom. The average Bonchev–Trinajstić information content (AvgIpc) is 2.51. The van der Waals surface area contributed by atoms with E-state index in [1.807, 2.05) is 0 Å². The van der Waals surface area contributed by atoms with E-state index in [0.29, 0.717) is 5.75 Å². The van der Waals surface area contributed by atoms with Crippen LogP contribution in [0.2, 0.25) is 0 Å². The Morgan fingerprint density at radius 2 is 2.05 bits per heavy atom. The molecule has 0 spiro atoms. The molecule has 1 unspecified atom stereocenters. The molecule has 1 fully saturated rings. The van der Waals surface area contributed by atoms with E-state index in [9.17, 15) is 10.4 Å². The van der Waals surface area contributed by atoms with Crippen LogP contribution in [0.1, 0.15) is 24.9 Å². The van der Waals surface area contributed by atoms with E-state index < -0.39 is 0 Å². The lowest BCUT2D eigenvalue weighted by Crippen LogP contribution is -2.47. The van der Waals surface area contributed by atoms with Gasteiger partial charge in [0.25, 0.3) is 0 Å². The summed E-state index contributed by atoms with van der Waals surface area (Å²) in [4.78, 5) is 4.63. The molecule has 1 heterocycles. The number of ether oxygens (including phenoxy) is 1. The van der Waals surface area contributed by atoms with Crippen molar-refractivity contribution in [2.45, 2.75) is 19.4 Å².